The molecule has 0 N–H and O–H groups in total. The second-order valence-electron chi connectivity index (χ2n) is 4.46. The molecule has 82 valence electrons. The highest BCUT2D eigenvalue weighted by Gasteiger charge is 2.30. The molecule has 1 saturated heterocycles. The number of aromatic nitrogens is 1. The van der Waals surface area contributed by atoms with Gasteiger partial charge in [-0.1, -0.05) is 0 Å². The van der Waals surface area contributed by atoms with E-state index < -0.39 is 0 Å². The third-order valence-corrected chi connectivity index (χ3v) is 2.78. The molecular formula is C12H18N2O. The van der Waals surface area contributed by atoms with Gasteiger partial charge in [0.15, 0.2) is 0 Å². The average molecular weight is 206 g/mol. The van der Waals surface area contributed by atoms with Crippen molar-refractivity contribution in [1.82, 2.24) is 9.88 Å². The van der Waals surface area contributed by atoms with Crippen LogP contribution in [0, 0.1) is 6.92 Å². The predicted molar refractivity (Wildman–Crippen MR) is 60.1 cm³/mol. The second-order valence-corrected chi connectivity index (χ2v) is 4.46. The Bertz CT molecular complexity index is 332. The predicted octanol–water partition coefficient (Wildman–Crippen LogP) is 1.86. The molecule has 2 heterocycles. The highest BCUT2D eigenvalue weighted by Crippen LogP contribution is 2.18. The summed E-state index contributed by atoms with van der Waals surface area (Å²) in [6, 6.07) is 4.59. The number of hydrogen-bond acceptors (Lipinski definition) is 3. The molecule has 0 saturated carbocycles. The summed E-state index contributed by atoms with van der Waals surface area (Å²) in [6.45, 7) is 8.51. The summed E-state index contributed by atoms with van der Waals surface area (Å²) in [7, 11) is 0. The smallest absolute Gasteiger partial charge is 0.213 e. The number of rotatable bonds is 3. The number of nitrogens with zero attached hydrogens (tertiary/aromatic N) is 2. The number of aryl methyl sites for hydroxylation is 1. The van der Waals surface area contributed by atoms with Gasteiger partial charge in [0, 0.05) is 31.4 Å². The van der Waals surface area contributed by atoms with Crippen LogP contribution in [0.25, 0.3) is 0 Å². The zero-order chi connectivity index (χ0) is 10.8. The lowest BCUT2D eigenvalue weighted by atomic mass is 10.1. The van der Waals surface area contributed by atoms with E-state index in [9.17, 15) is 0 Å². The average Bonchev–Trinajstić information content (AvgIpc) is 2.10. The van der Waals surface area contributed by atoms with Crippen LogP contribution in [-0.2, 0) is 0 Å². The summed E-state index contributed by atoms with van der Waals surface area (Å²) in [5, 5.41) is 0. The number of likely N-dealkylation sites (tertiary alicyclic amines) is 1. The highest BCUT2D eigenvalue weighted by atomic mass is 16.5. The first kappa shape index (κ1) is 10.4. The maximum Gasteiger partial charge on any atom is 0.213 e. The quantitative estimate of drug-likeness (QED) is 0.755. The molecule has 0 bridgehead atoms. The zero-order valence-electron chi connectivity index (χ0n) is 9.60. The molecule has 2 rings (SSSR count). The van der Waals surface area contributed by atoms with E-state index in [-0.39, 0.29) is 0 Å². The van der Waals surface area contributed by atoms with Crippen molar-refractivity contribution in [3.05, 3.63) is 23.9 Å². The van der Waals surface area contributed by atoms with Crippen LogP contribution in [0.4, 0.5) is 0 Å². The first-order chi connectivity index (χ1) is 7.15. The van der Waals surface area contributed by atoms with Crippen LogP contribution >= 0.6 is 0 Å². The molecule has 1 aromatic rings. The first-order valence-corrected chi connectivity index (χ1v) is 5.48. The molecule has 1 aromatic heterocycles. The molecule has 0 aliphatic carbocycles. The molecular weight excluding hydrogens is 188 g/mol. The van der Waals surface area contributed by atoms with E-state index >= 15 is 0 Å². The van der Waals surface area contributed by atoms with Crippen LogP contribution < -0.4 is 4.74 Å². The largest absolute Gasteiger partial charge is 0.472 e. The third kappa shape index (κ3) is 2.48. The van der Waals surface area contributed by atoms with Gasteiger partial charge < -0.3 is 4.74 Å². The fraction of sp³-hybridized carbons (Fsp3) is 0.583. The van der Waals surface area contributed by atoms with Crippen molar-refractivity contribution in [2.24, 2.45) is 0 Å². The van der Waals surface area contributed by atoms with E-state index in [0.717, 1.165) is 19.0 Å². The lowest BCUT2D eigenvalue weighted by Crippen LogP contribution is -2.56. The van der Waals surface area contributed by atoms with Crippen molar-refractivity contribution in [3.63, 3.8) is 0 Å². The van der Waals surface area contributed by atoms with Crippen LogP contribution in [0.1, 0.15) is 19.4 Å². The number of ether oxygens (including phenoxy) is 1. The van der Waals surface area contributed by atoms with Gasteiger partial charge in [0.05, 0.1) is 0 Å². The SMILES string of the molecule is Cc1ccnc(OC2CN(C(C)C)C2)c1. The fourth-order valence-corrected chi connectivity index (χ4v) is 1.71. The van der Waals surface area contributed by atoms with Crippen LogP contribution in [0.2, 0.25) is 0 Å². The molecule has 0 radical (unpaired) electrons. The first-order valence-electron chi connectivity index (χ1n) is 5.48. The highest BCUT2D eigenvalue weighted by molar-refractivity contribution is 5.19. The monoisotopic (exact) mass is 206 g/mol. The Hall–Kier alpha value is -1.09. The molecule has 0 amide bonds. The van der Waals surface area contributed by atoms with Gasteiger partial charge in [-0.2, -0.15) is 0 Å². The van der Waals surface area contributed by atoms with Crippen LogP contribution in [0.15, 0.2) is 18.3 Å². The third-order valence-electron chi connectivity index (χ3n) is 2.78. The minimum atomic E-state index is 0.321. The summed E-state index contributed by atoms with van der Waals surface area (Å²) < 4.78 is 5.76. The van der Waals surface area contributed by atoms with E-state index in [2.05, 4.69) is 30.7 Å². The maximum atomic E-state index is 5.76. The number of hydrogen-bond donors (Lipinski definition) is 0. The molecule has 15 heavy (non-hydrogen) atoms. The standard InChI is InChI=1S/C12H18N2O/c1-9(2)14-7-11(8-14)15-12-6-10(3)4-5-13-12/h4-6,9,11H,7-8H2,1-3H3. The molecule has 1 fully saturated rings. The van der Waals surface area contributed by atoms with E-state index in [0.29, 0.717) is 12.1 Å². The van der Waals surface area contributed by atoms with Crippen LogP contribution in [-0.4, -0.2) is 35.1 Å². The van der Waals surface area contributed by atoms with Crippen molar-refractivity contribution >= 4 is 0 Å². The lowest BCUT2D eigenvalue weighted by Gasteiger charge is -2.41. The van der Waals surface area contributed by atoms with Gasteiger partial charge in [0.1, 0.15) is 6.10 Å². The van der Waals surface area contributed by atoms with Gasteiger partial charge in [-0.25, -0.2) is 4.98 Å². The van der Waals surface area contributed by atoms with E-state index in [1.807, 2.05) is 12.1 Å². The van der Waals surface area contributed by atoms with Gasteiger partial charge >= 0.3 is 0 Å². The summed E-state index contributed by atoms with van der Waals surface area (Å²) in [5.74, 6) is 0.753. The molecule has 0 aromatic carbocycles. The lowest BCUT2D eigenvalue weighted by molar-refractivity contribution is -0.00230. The van der Waals surface area contributed by atoms with Gasteiger partial charge in [0.2, 0.25) is 5.88 Å². The van der Waals surface area contributed by atoms with Crippen LogP contribution in [0.3, 0.4) is 0 Å². The Labute approximate surface area is 91.1 Å². The molecule has 0 unspecified atom stereocenters. The zero-order valence-corrected chi connectivity index (χ0v) is 9.60. The topological polar surface area (TPSA) is 25.4 Å². The van der Waals surface area contributed by atoms with Crippen molar-refractivity contribution < 1.29 is 4.74 Å². The molecule has 3 heteroatoms. The Balaban J connectivity index is 1.85. The number of pyridine rings is 1. The van der Waals surface area contributed by atoms with Gasteiger partial charge in [-0.05, 0) is 32.4 Å². The maximum absolute atomic E-state index is 5.76. The van der Waals surface area contributed by atoms with Crippen molar-refractivity contribution in [1.29, 1.82) is 0 Å². The van der Waals surface area contributed by atoms with Crippen molar-refractivity contribution in [2.75, 3.05) is 13.1 Å². The van der Waals surface area contributed by atoms with Crippen molar-refractivity contribution in [2.45, 2.75) is 32.9 Å². The van der Waals surface area contributed by atoms with E-state index in [4.69, 9.17) is 4.74 Å². The second kappa shape index (κ2) is 4.19. The molecule has 3 nitrogen and oxygen atoms in total. The molecule has 1 aliphatic rings. The minimum absolute atomic E-state index is 0.321. The Kier molecular flexibility index (Phi) is 2.91. The summed E-state index contributed by atoms with van der Waals surface area (Å²) in [6.07, 6.45) is 2.12. The summed E-state index contributed by atoms with van der Waals surface area (Å²) in [5.41, 5.74) is 1.19. The molecule has 0 atom stereocenters. The van der Waals surface area contributed by atoms with Gasteiger partial charge in [-0.3, -0.25) is 4.90 Å². The fourth-order valence-electron chi connectivity index (χ4n) is 1.71. The van der Waals surface area contributed by atoms with Gasteiger partial charge in [0.25, 0.3) is 0 Å². The minimum Gasteiger partial charge on any atom is -0.472 e. The summed E-state index contributed by atoms with van der Waals surface area (Å²) in [4.78, 5) is 6.58. The normalized spacial score (nSPS) is 17.9. The van der Waals surface area contributed by atoms with Crippen molar-refractivity contribution in [3.8, 4) is 5.88 Å². The van der Waals surface area contributed by atoms with Gasteiger partial charge in [-0.15, -0.1) is 0 Å². The molecule has 0 spiro atoms. The Morgan fingerprint density at radius 1 is 1.47 bits per heavy atom. The van der Waals surface area contributed by atoms with E-state index in [1.165, 1.54) is 5.56 Å². The van der Waals surface area contributed by atoms with Crippen LogP contribution in [0.5, 0.6) is 5.88 Å². The Morgan fingerprint density at radius 3 is 2.80 bits per heavy atom. The summed E-state index contributed by atoms with van der Waals surface area (Å²) >= 11 is 0. The Morgan fingerprint density at radius 2 is 2.20 bits per heavy atom. The van der Waals surface area contributed by atoms with E-state index in [1.54, 1.807) is 6.20 Å². The molecule has 1 aliphatic heterocycles.